The summed E-state index contributed by atoms with van der Waals surface area (Å²) in [6.07, 6.45) is 2.63. The Bertz CT molecular complexity index is 465. The average Bonchev–Trinajstić information content (AvgIpc) is 2.77. The van der Waals surface area contributed by atoms with Crippen LogP contribution in [-0.2, 0) is 16.0 Å². The van der Waals surface area contributed by atoms with E-state index in [0.717, 1.165) is 5.76 Å². The van der Waals surface area contributed by atoms with Crippen LogP contribution in [-0.4, -0.2) is 34.8 Å². The molecule has 0 bridgehead atoms. The third-order valence-corrected chi connectivity index (χ3v) is 3.44. The van der Waals surface area contributed by atoms with Crippen LogP contribution in [0.2, 0.25) is 0 Å². The molecule has 5 nitrogen and oxygen atoms in total. The van der Waals surface area contributed by atoms with Gasteiger partial charge in [-0.15, -0.1) is 0 Å². The fourth-order valence-corrected chi connectivity index (χ4v) is 2.40. The Morgan fingerprint density at radius 1 is 1.47 bits per heavy atom. The van der Waals surface area contributed by atoms with Crippen molar-refractivity contribution in [1.29, 1.82) is 0 Å². The van der Waals surface area contributed by atoms with Gasteiger partial charge in [-0.3, -0.25) is 9.59 Å². The predicted molar refractivity (Wildman–Crippen MR) is 70.4 cm³/mol. The summed E-state index contributed by atoms with van der Waals surface area (Å²) in [5, 5.41) is 2.76. The molecule has 1 aliphatic rings. The Morgan fingerprint density at radius 3 is 2.84 bits per heavy atom. The molecule has 1 aliphatic heterocycles. The summed E-state index contributed by atoms with van der Waals surface area (Å²) in [5.41, 5.74) is -0.842. The number of carbonyl (C=O) groups is 2. The zero-order valence-electron chi connectivity index (χ0n) is 11.6. The molecule has 0 radical (unpaired) electrons. The Kier molecular flexibility index (Phi) is 3.64. The van der Waals surface area contributed by atoms with Gasteiger partial charge in [-0.25, -0.2) is 0 Å². The molecule has 1 N–H and O–H groups in total. The maximum Gasteiger partial charge on any atom is 0.248 e. The fraction of sp³-hybridized carbons (Fsp3) is 0.571. The SMILES string of the molecule is CC(Cc1ccco1)N1CCC(=O)NC(C)(C)C1=O. The number of hydrogen-bond donors (Lipinski definition) is 1. The lowest BCUT2D eigenvalue weighted by Crippen LogP contribution is -2.54. The van der Waals surface area contributed by atoms with Gasteiger partial charge in [-0.05, 0) is 32.9 Å². The number of furan rings is 1. The summed E-state index contributed by atoms with van der Waals surface area (Å²) in [7, 11) is 0. The maximum atomic E-state index is 12.5. The first-order valence-corrected chi connectivity index (χ1v) is 6.54. The number of nitrogens with one attached hydrogen (secondary N) is 1. The van der Waals surface area contributed by atoms with E-state index in [4.69, 9.17) is 4.42 Å². The highest BCUT2D eigenvalue weighted by molar-refractivity contribution is 5.93. The Labute approximate surface area is 113 Å². The van der Waals surface area contributed by atoms with E-state index in [1.165, 1.54) is 0 Å². The van der Waals surface area contributed by atoms with Crippen molar-refractivity contribution in [2.45, 2.75) is 45.2 Å². The minimum absolute atomic E-state index is 0.00521. The second-order valence-electron chi connectivity index (χ2n) is 5.55. The number of carbonyl (C=O) groups excluding carboxylic acids is 2. The molecule has 1 aromatic rings. The van der Waals surface area contributed by atoms with Crippen LogP contribution < -0.4 is 5.32 Å². The quantitative estimate of drug-likeness (QED) is 0.896. The molecule has 2 rings (SSSR count). The van der Waals surface area contributed by atoms with Crippen LogP contribution in [0.1, 0.15) is 33.0 Å². The first kappa shape index (κ1) is 13.6. The van der Waals surface area contributed by atoms with Crippen LogP contribution in [0.4, 0.5) is 0 Å². The molecule has 1 saturated heterocycles. The van der Waals surface area contributed by atoms with Gasteiger partial charge in [-0.2, -0.15) is 0 Å². The monoisotopic (exact) mass is 264 g/mol. The molecule has 1 aromatic heterocycles. The standard InChI is InChI=1S/C14H20N2O3/c1-10(9-11-5-4-8-19-11)16-7-6-12(17)15-14(2,3)13(16)18/h4-5,8,10H,6-7,9H2,1-3H3,(H,15,17). The molecule has 0 aromatic carbocycles. The van der Waals surface area contributed by atoms with Gasteiger partial charge in [0.15, 0.2) is 0 Å². The Balaban J connectivity index is 2.13. The Morgan fingerprint density at radius 2 is 2.21 bits per heavy atom. The predicted octanol–water partition coefficient (Wildman–Crippen LogP) is 1.34. The van der Waals surface area contributed by atoms with E-state index in [0.29, 0.717) is 19.4 Å². The lowest BCUT2D eigenvalue weighted by molar-refractivity contribution is -0.139. The molecule has 104 valence electrons. The second kappa shape index (κ2) is 5.07. The molecule has 2 amide bonds. The lowest BCUT2D eigenvalue weighted by atomic mass is 10.0. The van der Waals surface area contributed by atoms with Crippen molar-refractivity contribution < 1.29 is 14.0 Å². The van der Waals surface area contributed by atoms with Crippen LogP contribution in [0.15, 0.2) is 22.8 Å². The number of nitrogens with zero attached hydrogens (tertiary/aromatic N) is 1. The highest BCUT2D eigenvalue weighted by Gasteiger charge is 2.38. The summed E-state index contributed by atoms with van der Waals surface area (Å²) >= 11 is 0. The fourth-order valence-electron chi connectivity index (χ4n) is 2.40. The summed E-state index contributed by atoms with van der Waals surface area (Å²) in [6, 6.07) is 3.74. The van der Waals surface area contributed by atoms with Gasteiger partial charge in [0, 0.05) is 25.4 Å². The van der Waals surface area contributed by atoms with Crippen LogP contribution in [0.5, 0.6) is 0 Å². The molecular formula is C14H20N2O3. The first-order chi connectivity index (χ1) is 8.90. The number of amides is 2. The van der Waals surface area contributed by atoms with Crippen LogP contribution in [0.25, 0.3) is 0 Å². The number of rotatable bonds is 3. The molecule has 1 unspecified atom stereocenters. The first-order valence-electron chi connectivity index (χ1n) is 6.54. The topological polar surface area (TPSA) is 62.6 Å². The van der Waals surface area contributed by atoms with Crippen molar-refractivity contribution in [1.82, 2.24) is 10.2 Å². The summed E-state index contributed by atoms with van der Waals surface area (Å²) < 4.78 is 5.31. The molecule has 5 heteroatoms. The van der Waals surface area contributed by atoms with E-state index in [1.807, 2.05) is 19.1 Å². The zero-order valence-corrected chi connectivity index (χ0v) is 11.6. The van der Waals surface area contributed by atoms with E-state index < -0.39 is 5.54 Å². The van der Waals surface area contributed by atoms with Gasteiger partial charge in [0.25, 0.3) is 0 Å². The van der Waals surface area contributed by atoms with Crippen molar-refractivity contribution in [3.8, 4) is 0 Å². The number of hydrogen-bond acceptors (Lipinski definition) is 3. The largest absolute Gasteiger partial charge is 0.469 e. The van der Waals surface area contributed by atoms with Gasteiger partial charge < -0.3 is 14.6 Å². The minimum atomic E-state index is -0.842. The van der Waals surface area contributed by atoms with Crippen LogP contribution in [0, 0.1) is 0 Å². The van der Waals surface area contributed by atoms with E-state index in [-0.39, 0.29) is 17.9 Å². The van der Waals surface area contributed by atoms with Gasteiger partial charge in [0.2, 0.25) is 11.8 Å². The third kappa shape index (κ3) is 2.97. The van der Waals surface area contributed by atoms with Gasteiger partial charge in [0.1, 0.15) is 11.3 Å². The molecule has 1 atom stereocenters. The van der Waals surface area contributed by atoms with Gasteiger partial charge in [-0.1, -0.05) is 0 Å². The maximum absolute atomic E-state index is 12.5. The normalized spacial score (nSPS) is 20.9. The van der Waals surface area contributed by atoms with E-state index >= 15 is 0 Å². The summed E-state index contributed by atoms with van der Waals surface area (Å²) in [6.45, 7) is 5.92. The van der Waals surface area contributed by atoms with Gasteiger partial charge in [0.05, 0.1) is 6.26 Å². The van der Waals surface area contributed by atoms with E-state index in [1.54, 1.807) is 25.0 Å². The average molecular weight is 264 g/mol. The zero-order chi connectivity index (χ0) is 14.0. The Hall–Kier alpha value is -1.78. The smallest absolute Gasteiger partial charge is 0.248 e. The highest BCUT2D eigenvalue weighted by atomic mass is 16.3. The van der Waals surface area contributed by atoms with Crippen LogP contribution in [0.3, 0.4) is 0 Å². The van der Waals surface area contributed by atoms with Crippen molar-refractivity contribution in [3.05, 3.63) is 24.2 Å². The molecule has 0 aliphatic carbocycles. The lowest BCUT2D eigenvalue weighted by Gasteiger charge is -2.33. The summed E-state index contributed by atoms with van der Waals surface area (Å²) in [4.78, 5) is 25.8. The molecule has 1 fully saturated rings. The third-order valence-electron chi connectivity index (χ3n) is 3.44. The molecule has 0 spiro atoms. The van der Waals surface area contributed by atoms with E-state index in [2.05, 4.69) is 5.32 Å². The van der Waals surface area contributed by atoms with Gasteiger partial charge >= 0.3 is 0 Å². The molecular weight excluding hydrogens is 244 g/mol. The second-order valence-corrected chi connectivity index (χ2v) is 5.55. The van der Waals surface area contributed by atoms with Crippen LogP contribution >= 0.6 is 0 Å². The minimum Gasteiger partial charge on any atom is -0.469 e. The molecule has 19 heavy (non-hydrogen) atoms. The van der Waals surface area contributed by atoms with Crippen molar-refractivity contribution in [3.63, 3.8) is 0 Å². The van der Waals surface area contributed by atoms with Crippen molar-refractivity contribution in [2.75, 3.05) is 6.54 Å². The molecule has 2 heterocycles. The summed E-state index contributed by atoms with van der Waals surface area (Å²) in [5.74, 6) is 0.727. The highest BCUT2D eigenvalue weighted by Crippen LogP contribution is 2.18. The van der Waals surface area contributed by atoms with Crippen molar-refractivity contribution in [2.24, 2.45) is 0 Å². The van der Waals surface area contributed by atoms with E-state index in [9.17, 15) is 9.59 Å². The van der Waals surface area contributed by atoms with Crippen molar-refractivity contribution >= 4 is 11.8 Å². The molecule has 0 saturated carbocycles.